The van der Waals surface area contributed by atoms with Crippen LogP contribution in [-0.4, -0.2) is 37.4 Å². The van der Waals surface area contributed by atoms with E-state index in [1.807, 2.05) is 24.5 Å². The van der Waals surface area contributed by atoms with Crippen LogP contribution in [0.3, 0.4) is 0 Å². The molecule has 0 radical (unpaired) electrons. The van der Waals surface area contributed by atoms with Crippen molar-refractivity contribution < 1.29 is 27.8 Å². The molecule has 0 atom stereocenters. The van der Waals surface area contributed by atoms with Crippen LogP contribution in [0.5, 0.6) is 5.75 Å². The van der Waals surface area contributed by atoms with E-state index in [-0.39, 0.29) is 17.8 Å². The summed E-state index contributed by atoms with van der Waals surface area (Å²) in [6, 6.07) is 5.85. The highest BCUT2D eigenvalue weighted by atomic mass is 19.3. The van der Waals surface area contributed by atoms with Gasteiger partial charge in [-0.05, 0) is 55.7 Å². The molecular weight excluding hydrogens is 461 g/mol. The number of pyridine rings is 1. The molecule has 1 fully saturated rings. The summed E-state index contributed by atoms with van der Waals surface area (Å²) in [5.74, 6) is -2.45. The van der Waals surface area contributed by atoms with Crippen molar-refractivity contribution >= 4 is 28.0 Å². The molecule has 35 heavy (non-hydrogen) atoms. The maximum absolute atomic E-state index is 14.2. The molecule has 3 heterocycles. The van der Waals surface area contributed by atoms with Crippen molar-refractivity contribution in [3.05, 3.63) is 47.5 Å². The minimum Gasteiger partial charge on any atom is -0.481 e. The zero-order chi connectivity index (χ0) is 24.9. The minimum absolute atomic E-state index is 0.0115. The van der Waals surface area contributed by atoms with Crippen LogP contribution in [0.15, 0.2) is 30.5 Å². The first-order chi connectivity index (χ1) is 16.7. The van der Waals surface area contributed by atoms with Gasteiger partial charge >= 0.3 is 12.6 Å². The van der Waals surface area contributed by atoms with Crippen molar-refractivity contribution in [2.45, 2.75) is 58.0 Å². The number of halogens is 3. The van der Waals surface area contributed by atoms with Gasteiger partial charge in [0.2, 0.25) is 0 Å². The summed E-state index contributed by atoms with van der Waals surface area (Å²) >= 11 is 0. The lowest BCUT2D eigenvalue weighted by atomic mass is 9.77. The van der Waals surface area contributed by atoms with E-state index in [1.165, 1.54) is 12.1 Å². The molecule has 0 bridgehead atoms. The number of aromatic nitrogens is 4. The Hall–Kier alpha value is -3.56. The number of ether oxygens (including phenoxy) is 1. The monoisotopic (exact) mass is 486 g/mol. The van der Waals surface area contributed by atoms with E-state index in [9.17, 15) is 23.1 Å². The van der Waals surface area contributed by atoms with Crippen molar-refractivity contribution in [3.63, 3.8) is 0 Å². The van der Waals surface area contributed by atoms with E-state index < -0.39 is 24.1 Å². The van der Waals surface area contributed by atoms with E-state index in [0.717, 1.165) is 33.7 Å². The number of nitrogens with zero attached hydrogens (tertiary/aromatic N) is 3. The van der Waals surface area contributed by atoms with Gasteiger partial charge in [-0.15, -0.1) is 0 Å². The Morgan fingerprint density at radius 1 is 1.20 bits per heavy atom. The number of aromatic amines is 1. The first kappa shape index (κ1) is 23.2. The molecule has 0 aliphatic heterocycles. The predicted molar refractivity (Wildman–Crippen MR) is 124 cm³/mol. The van der Waals surface area contributed by atoms with Gasteiger partial charge in [-0.3, -0.25) is 9.89 Å². The number of carbonyl (C=O) groups is 1. The fraction of sp³-hybridized carbons (Fsp3) is 0.400. The van der Waals surface area contributed by atoms with Gasteiger partial charge in [0.05, 0.1) is 23.1 Å². The molecule has 10 heteroatoms. The van der Waals surface area contributed by atoms with Crippen LogP contribution in [-0.2, 0) is 4.79 Å². The molecule has 1 aliphatic rings. The fourth-order valence-electron chi connectivity index (χ4n) is 5.31. The Morgan fingerprint density at radius 3 is 2.60 bits per heavy atom. The summed E-state index contributed by atoms with van der Waals surface area (Å²) in [5.41, 5.74) is 4.52. The number of fused-ring (bicyclic) bond motifs is 2. The fourth-order valence-corrected chi connectivity index (χ4v) is 5.31. The molecular formula is C25H25F3N4O3. The van der Waals surface area contributed by atoms with Gasteiger partial charge in [0.1, 0.15) is 0 Å². The average Bonchev–Trinajstić information content (AvgIpc) is 3.40. The standard InChI is InChI=1S/C25H25F3N4O3/c1-12(2)22-20(13-3-5-14(6-4-13)24(33)34)21-18(9-15-11-29-31-23(15)30-21)32(22)16-7-8-17(26)19(10-16)35-25(27)28/h7-14,25H,3-6H2,1-2H3,(H,33,34)(H,29,30,31)/t13-,14-. The number of aliphatic carboxylic acids is 1. The summed E-state index contributed by atoms with van der Waals surface area (Å²) in [4.78, 5) is 16.4. The van der Waals surface area contributed by atoms with E-state index in [4.69, 9.17) is 4.98 Å². The molecule has 3 aromatic heterocycles. The third-order valence-electron chi connectivity index (χ3n) is 6.84. The maximum atomic E-state index is 14.2. The zero-order valence-electron chi connectivity index (χ0n) is 19.3. The van der Waals surface area contributed by atoms with Crippen molar-refractivity contribution in [2.24, 2.45) is 5.92 Å². The van der Waals surface area contributed by atoms with Gasteiger partial charge in [0.15, 0.2) is 17.2 Å². The lowest BCUT2D eigenvalue weighted by molar-refractivity contribution is -0.142. The van der Waals surface area contributed by atoms with E-state index in [1.54, 1.807) is 6.20 Å². The number of H-pyrrole nitrogens is 1. The molecule has 4 aromatic rings. The first-order valence-electron chi connectivity index (χ1n) is 11.6. The second-order valence-electron chi connectivity index (χ2n) is 9.33. The molecule has 0 spiro atoms. The predicted octanol–water partition coefficient (Wildman–Crippen LogP) is 6.12. The third kappa shape index (κ3) is 4.11. The summed E-state index contributed by atoms with van der Waals surface area (Å²) < 4.78 is 46.4. The molecule has 0 saturated heterocycles. The van der Waals surface area contributed by atoms with Gasteiger partial charge < -0.3 is 14.4 Å². The number of hydrogen-bond donors (Lipinski definition) is 2. The van der Waals surface area contributed by atoms with Crippen molar-refractivity contribution in [2.75, 3.05) is 0 Å². The Bertz CT molecular complexity index is 1400. The largest absolute Gasteiger partial charge is 0.481 e. The second-order valence-corrected chi connectivity index (χ2v) is 9.33. The molecule has 0 amide bonds. The Morgan fingerprint density at radius 2 is 1.94 bits per heavy atom. The van der Waals surface area contributed by atoms with Gasteiger partial charge in [-0.2, -0.15) is 13.9 Å². The highest BCUT2D eigenvalue weighted by molar-refractivity contribution is 5.93. The number of rotatable bonds is 6. The van der Waals surface area contributed by atoms with Crippen LogP contribution < -0.4 is 4.74 Å². The second kappa shape index (κ2) is 8.90. The maximum Gasteiger partial charge on any atom is 0.387 e. The molecule has 1 aromatic carbocycles. The Kier molecular flexibility index (Phi) is 5.90. The number of alkyl halides is 2. The van der Waals surface area contributed by atoms with Crippen molar-refractivity contribution in [3.8, 4) is 11.4 Å². The molecule has 184 valence electrons. The van der Waals surface area contributed by atoms with Crippen LogP contribution in [0.4, 0.5) is 13.2 Å². The SMILES string of the molecule is CC(C)c1c([C@H]2CC[C@H](C(=O)O)CC2)c2nc3[nH]ncc3cc2n1-c1ccc(F)c(OC(F)F)c1. The van der Waals surface area contributed by atoms with E-state index in [0.29, 0.717) is 37.0 Å². The number of hydrogen-bond acceptors (Lipinski definition) is 4. The first-order valence-corrected chi connectivity index (χ1v) is 11.6. The number of benzene rings is 1. The van der Waals surface area contributed by atoms with Gasteiger partial charge in [-0.25, -0.2) is 9.37 Å². The van der Waals surface area contributed by atoms with Crippen LogP contribution >= 0.6 is 0 Å². The average molecular weight is 486 g/mol. The summed E-state index contributed by atoms with van der Waals surface area (Å²) in [7, 11) is 0. The van der Waals surface area contributed by atoms with Crippen LogP contribution in [0, 0.1) is 11.7 Å². The molecule has 2 N–H and O–H groups in total. The number of carboxylic acid groups (broad SMARTS) is 1. The van der Waals surface area contributed by atoms with E-state index >= 15 is 0 Å². The zero-order valence-corrected chi connectivity index (χ0v) is 19.3. The smallest absolute Gasteiger partial charge is 0.387 e. The topological polar surface area (TPSA) is 93.0 Å². The molecule has 1 saturated carbocycles. The van der Waals surface area contributed by atoms with Crippen LogP contribution in [0.1, 0.15) is 62.6 Å². The minimum atomic E-state index is -3.15. The van der Waals surface area contributed by atoms with Crippen LogP contribution in [0.2, 0.25) is 0 Å². The summed E-state index contributed by atoms with van der Waals surface area (Å²) in [6.45, 7) is 0.910. The number of carboxylic acids is 1. The third-order valence-corrected chi connectivity index (χ3v) is 6.84. The molecule has 0 unspecified atom stereocenters. The Labute approximate surface area is 198 Å². The number of nitrogens with one attached hydrogen (secondary N) is 1. The normalized spacial score (nSPS) is 18.7. The highest BCUT2D eigenvalue weighted by Crippen LogP contribution is 2.45. The van der Waals surface area contributed by atoms with Gasteiger partial charge in [0, 0.05) is 28.4 Å². The van der Waals surface area contributed by atoms with E-state index in [2.05, 4.69) is 14.9 Å². The highest BCUT2D eigenvalue weighted by Gasteiger charge is 2.33. The lowest BCUT2D eigenvalue weighted by Gasteiger charge is -2.28. The van der Waals surface area contributed by atoms with Crippen molar-refractivity contribution in [1.29, 1.82) is 0 Å². The molecule has 1 aliphatic carbocycles. The summed E-state index contributed by atoms with van der Waals surface area (Å²) in [6.07, 6.45) is 4.18. The van der Waals surface area contributed by atoms with Crippen LogP contribution in [0.25, 0.3) is 27.8 Å². The quantitative estimate of drug-likeness (QED) is 0.342. The summed E-state index contributed by atoms with van der Waals surface area (Å²) in [5, 5.41) is 17.2. The molecule has 5 rings (SSSR count). The van der Waals surface area contributed by atoms with Gasteiger partial charge in [0.25, 0.3) is 0 Å². The lowest BCUT2D eigenvalue weighted by Crippen LogP contribution is -2.21. The molecule has 7 nitrogen and oxygen atoms in total. The van der Waals surface area contributed by atoms with Crippen molar-refractivity contribution in [1.82, 2.24) is 19.7 Å². The van der Waals surface area contributed by atoms with Gasteiger partial charge in [-0.1, -0.05) is 13.8 Å². The Balaban J connectivity index is 1.75.